The molecule has 0 spiro atoms. The number of para-hydroxylation sites is 1. The van der Waals surface area contributed by atoms with Crippen LogP contribution in [0.5, 0.6) is 0 Å². The molecule has 2 aromatic carbocycles. The highest BCUT2D eigenvalue weighted by Gasteiger charge is 2.14. The zero-order chi connectivity index (χ0) is 16.4. The summed E-state index contributed by atoms with van der Waals surface area (Å²) in [5.41, 5.74) is 3.30. The fraction of sp³-hybridized carbons (Fsp3) is 0.235. The molecule has 120 valence electrons. The lowest BCUT2D eigenvalue weighted by molar-refractivity contribution is 0.602. The maximum atomic E-state index is 11.8. The lowest BCUT2D eigenvalue weighted by Crippen LogP contribution is -2.14. The minimum Gasteiger partial charge on any atom is -0.324 e. The quantitative estimate of drug-likeness (QED) is 0.782. The smallest absolute Gasteiger partial charge is 0.232 e. The summed E-state index contributed by atoms with van der Waals surface area (Å²) in [4.78, 5) is 4.56. The number of sulfonamides is 1. The van der Waals surface area contributed by atoms with Crippen molar-refractivity contribution in [3.05, 3.63) is 59.9 Å². The summed E-state index contributed by atoms with van der Waals surface area (Å²) < 4.78 is 28.4. The minimum absolute atomic E-state index is 0.0348. The summed E-state index contributed by atoms with van der Waals surface area (Å²) in [6.45, 7) is 4.25. The molecular weight excluding hydrogens is 310 g/mol. The van der Waals surface area contributed by atoms with E-state index in [1.165, 1.54) is 5.56 Å². The number of rotatable bonds is 5. The van der Waals surface area contributed by atoms with Gasteiger partial charge in [0.05, 0.1) is 17.0 Å². The van der Waals surface area contributed by atoms with Crippen LogP contribution in [0.2, 0.25) is 0 Å². The van der Waals surface area contributed by atoms with E-state index in [9.17, 15) is 8.42 Å². The lowest BCUT2D eigenvalue weighted by Gasteiger charge is -2.09. The van der Waals surface area contributed by atoms with E-state index < -0.39 is 10.0 Å². The van der Waals surface area contributed by atoms with Gasteiger partial charge in [0.25, 0.3) is 0 Å². The Morgan fingerprint density at radius 3 is 2.52 bits per heavy atom. The first-order valence-corrected chi connectivity index (χ1v) is 9.15. The van der Waals surface area contributed by atoms with Crippen LogP contribution in [0.1, 0.15) is 18.3 Å². The maximum absolute atomic E-state index is 11.8. The second kappa shape index (κ2) is 6.04. The molecule has 0 radical (unpaired) electrons. The predicted octanol–water partition coefficient (Wildman–Crippen LogP) is 3.15. The van der Waals surface area contributed by atoms with Crippen molar-refractivity contribution in [1.82, 2.24) is 9.55 Å². The van der Waals surface area contributed by atoms with Crippen LogP contribution in [0.15, 0.2) is 48.5 Å². The average Bonchev–Trinajstić information content (AvgIpc) is 2.86. The second-order valence-corrected chi connectivity index (χ2v) is 7.42. The Kier molecular flexibility index (Phi) is 4.09. The number of fused-ring (bicyclic) bond motifs is 1. The predicted molar refractivity (Wildman–Crippen MR) is 93.1 cm³/mol. The topological polar surface area (TPSA) is 64.0 Å². The largest absolute Gasteiger partial charge is 0.324 e. The minimum atomic E-state index is -3.33. The molecule has 0 amide bonds. The van der Waals surface area contributed by atoms with Gasteiger partial charge in [0.15, 0.2) is 0 Å². The summed E-state index contributed by atoms with van der Waals surface area (Å²) in [6.07, 6.45) is 0. The summed E-state index contributed by atoms with van der Waals surface area (Å²) in [6, 6.07) is 15.7. The zero-order valence-electron chi connectivity index (χ0n) is 13.2. The number of benzene rings is 2. The van der Waals surface area contributed by atoms with Gasteiger partial charge < -0.3 is 4.57 Å². The van der Waals surface area contributed by atoms with Crippen molar-refractivity contribution in [3.63, 3.8) is 0 Å². The van der Waals surface area contributed by atoms with E-state index in [1.54, 1.807) is 13.0 Å². The Balaban J connectivity index is 2.06. The zero-order valence-corrected chi connectivity index (χ0v) is 14.0. The highest BCUT2D eigenvalue weighted by atomic mass is 32.2. The molecule has 1 N–H and O–H groups in total. The van der Waals surface area contributed by atoms with Gasteiger partial charge in [-0.15, -0.1) is 0 Å². The van der Waals surface area contributed by atoms with Crippen LogP contribution in [0.4, 0.5) is 5.69 Å². The Bertz CT molecular complexity index is 931. The maximum Gasteiger partial charge on any atom is 0.232 e. The second-order valence-electron chi connectivity index (χ2n) is 5.41. The Labute approximate surface area is 136 Å². The van der Waals surface area contributed by atoms with Gasteiger partial charge in [0.1, 0.15) is 11.3 Å². The molecule has 0 saturated heterocycles. The molecule has 0 bridgehead atoms. The monoisotopic (exact) mass is 329 g/mol. The van der Waals surface area contributed by atoms with E-state index in [0.717, 1.165) is 11.3 Å². The van der Waals surface area contributed by atoms with E-state index in [-0.39, 0.29) is 5.75 Å². The van der Waals surface area contributed by atoms with Crippen molar-refractivity contribution in [2.45, 2.75) is 20.4 Å². The molecule has 5 nitrogen and oxygen atoms in total. The van der Waals surface area contributed by atoms with Gasteiger partial charge in [0.2, 0.25) is 10.0 Å². The number of imidazole rings is 1. The molecule has 1 aromatic heterocycles. The molecular formula is C17H19N3O2S. The normalized spacial score (nSPS) is 11.7. The molecule has 0 fully saturated rings. The first kappa shape index (κ1) is 15.6. The molecule has 0 aliphatic carbocycles. The van der Waals surface area contributed by atoms with Crippen LogP contribution in [-0.2, 0) is 16.6 Å². The third-order valence-corrected chi connectivity index (χ3v) is 5.09. The molecule has 1 heterocycles. The molecule has 0 aliphatic heterocycles. The van der Waals surface area contributed by atoms with E-state index in [1.807, 2.05) is 37.3 Å². The van der Waals surface area contributed by atoms with Crippen LogP contribution in [0.25, 0.3) is 11.0 Å². The molecule has 0 atom stereocenters. The summed E-state index contributed by atoms with van der Waals surface area (Å²) in [5.74, 6) is 0.889. The van der Waals surface area contributed by atoms with E-state index >= 15 is 0 Å². The molecule has 3 aromatic rings. The van der Waals surface area contributed by atoms with Crippen molar-refractivity contribution in [3.8, 4) is 0 Å². The molecule has 0 aliphatic rings. The summed E-state index contributed by atoms with van der Waals surface area (Å²) >= 11 is 0. The van der Waals surface area contributed by atoms with Gasteiger partial charge >= 0.3 is 0 Å². The first-order chi connectivity index (χ1) is 11.0. The number of nitrogens with zero attached hydrogens (tertiary/aromatic N) is 2. The molecule has 0 saturated carbocycles. The van der Waals surface area contributed by atoms with Gasteiger partial charge in [-0.25, -0.2) is 13.4 Å². The van der Waals surface area contributed by atoms with Crippen LogP contribution in [0.3, 0.4) is 0 Å². The van der Waals surface area contributed by atoms with Gasteiger partial charge in [-0.1, -0.05) is 36.4 Å². The third-order valence-electron chi connectivity index (χ3n) is 3.80. The number of hydrogen-bond acceptors (Lipinski definition) is 3. The fourth-order valence-corrected chi connectivity index (χ4v) is 3.19. The third kappa shape index (κ3) is 3.22. The molecule has 23 heavy (non-hydrogen) atoms. The number of anilines is 1. The first-order valence-electron chi connectivity index (χ1n) is 7.50. The Morgan fingerprint density at radius 1 is 1.09 bits per heavy atom. The van der Waals surface area contributed by atoms with Crippen molar-refractivity contribution in [2.24, 2.45) is 0 Å². The van der Waals surface area contributed by atoms with Crippen LogP contribution < -0.4 is 4.72 Å². The van der Waals surface area contributed by atoms with Crippen LogP contribution in [-0.4, -0.2) is 23.7 Å². The summed E-state index contributed by atoms with van der Waals surface area (Å²) in [7, 11) is -3.33. The van der Waals surface area contributed by atoms with Gasteiger partial charge in [0, 0.05) is 6.54 Å². The van der Waals surface area contributed by atoms with Crippen LogP contribution in [0, 0.1) is 6.92 Å². The molecule has 0 unspecified atom stereocenters. The number of aromatic nitrogens is 2. The number of aryl methyl sites for hydroxylation is 1. The standard InChI is InChI=1S/C17H19N3O2S/c1-3-23(21,22)19-15-10-7-11-16-17(15)18-13(2)20(16)12-14-8-5-4-6-9-14/h4-11,19H,3,12H2,1-2H3. The Hall–Kier alpha value is -2.34. The van der Waals surface area contributed by atoms with Crippen molar-refractivity contribution in [1.29, 1.82) is 0 Å². The van der Waals surface area contributed by atoms with E-state index in [2.05, 4.69) is 26.4 Å². The molecule has 6 heteroatoms. The van der Waals surface area contributed by atoms with Crippen molar-refractivity contribution in [2.75, 3.05) is 10.5 Å². The fourth-order valence-electron chi connectivity index (χ4n) is 2.55. The van der Waals surface area contributed by atoms with Crippen molar-refractivity contribution >= 4 is 26.7 Å². The van der Waals surface area contributed by atoms with E-state index in [4.69, 9.17) is 0 Å². The highest BCUT2D eigenvalue weighted by molar-refractivity contribution is 7.92. The SMILES string of the molecule is CCS(=O)(=O)Nc1cccc2c1nc(C)n2Cc1ccccc1. The van der Waals surface area contributed by atoms with Crippen LogP contribution >= 0.6 is 0 Å². The van der Waals surface area contributed by atoms with Crippen molar-refractivity contribution < 1.29 is 8.42 Å². The number of nitrogens with one attached hydrogen (secondary N) is 1. The van der Waals surface area contributed by atoms with Gasteiger partial charge in [-0.2, -0.15) is 0 Å². The highest BCUT2D eigenvalue weighted by Crippen LogP contribution is 2.25. The average molecular weight is 329 g/mol. The lowest BCUT2D eigenvalue weighted by atomic mass is 10.2. The molecule has 3 rings (SSSR count). The van der Waals surface area contributed by atoms with E-state index in [0.29, 0.717) is 17.7 Å². The number of hydrogen-bond donors (Lipinski definition) is 1. The summed E-state index contributed by atoms with van der Waals surface area (Å²) in [5, 5.41) is 0. The van der Waals surface area contributed by atoms with Gasteiger partial charge in [-0.3, -0.25) is 4.72 Å². The van der Waals surface area contributed by atoms with Gasteiger partial charge in [-0.05, 0) is 31.5 Å². The Morgan fingerprint density at radius 2 is 1.83 bits per heavy atom.